The van der Waals surface area contributed by atoms with E-state index in [9.17, 15) is 0 Å². The van der Waals surface area contributed by atoms with Gasteiger partial charge in [-0.2, -0.15) is 0 Å². The number of thiophene rings is 1. The van der Waals surface area contributed by atoms with E-state index < -0.39 is 5.41 Å². The molecule has 120 heavy (non-hydrogen) atoms. The summed E-state index contributed by atoms with van der Waals surface area (Å²) < 4.78 is 29.3. The van der Waals surface area contributed by atoms with Crippen molar-refractivity contribution >= 4 is 147 Å². The molecule has 0 saturated heterocycles. The van der Waals surface area contributed by atoms with Crippen molar-refractivity contribution in [2.75, 3.05) is 0 Å². The molecule has 558 valence electrons. The third-order valence-electron chi connectivity index (χ3n) is 25.7. The van der Waals surface area contributed by atoms with E-state index in [2.05, 4.69) is 346 Å². The van der Waals surface area contributed by atoms with Gasteiger partial charge < -0.3 is 17.7 Å². The van der Waals surface area contributed by atoms with Gasteiger partial charge in [0.1, 0.15) is 44.6 Å². The van der Waals surface area contributed by atoms with E-state index in [1.165, 1.54) is 64.7 Å². The molecule has 0 radical (unpaired) electrons. The first-order valence-electron chi connectivity index (χ1n) is 41.0. The van der Waals surface area contributed by atoms with E-state index in [0.717, 1.165) is 212 Å². The van der Waals surface area contributed by atoms with Gasteiger partial charge in [-0.1, -0.05) is 279 Å². The van der Waals surface area contributed by atoms with Gasteiger partial charge in [-0.15, -0.1) is 11.3 Å². The van der Waals surface area contributed by atoms with Gasteiger partial charge in [-0.05, 0) is 210 Å². The summed E-state index contributed by atoms with van der Waals surface area (Å²) in [5.74, 6) is 0.911. The molecule has 26 rings (SSSR count). The maximum absolute atomic E-state index is 7.20. The number of aryl methyl sites for hydroxylation is 1. The van der Waals surface area contributed by atoms with Crippen LogP contribution in [-0.2, 0) is 11.8 Å². The lowest BCUT2D eigenvalue weighted by Crippen LogP contribution is -2.28. The molecule has 2 aliphatic carbocycles. The smallest absolute Gasteiger partial charge is 0.162 e. The lowest BCUT2D eigenvalue weighted by atomic mass is 9.67. The lowest BCUT2D eigenvalue weighted by Gasteiger charge is -2.34. The minimum absolute atomic E-state index is 0.743. The van der Waals surface area contributed by atoms with Crippen molar-refractivity contribution in [1.82, 2.24) is 15.0 Å². The highest BCUT2D eigenvalue weighted by molar-refractivity contribution is 7.26. The molecule has 0 amide bonds. The zero-order chi connectivity index (χ0) is 78.4. The minimum atomic E-state index is -0.743. The van der Waals surface area contributed by atoms with E-state index >= 15 is 0 Å². The summed E-state index contributed by atoms with van der Waals surface area (Å²) >= 11 is 1.86. The number of hydrogen-bond acceptors (Lipinski definition) is 8. The number of allylic oxidation sites excluding steroid dienone is 1. The van der Waals surface area contributed by atoms with Crippen molar-refractivity contribution in [2.24, 2.45) is 0 Å². The Morgan fingerprint density at radius 1 is 0.267 bits per heavy atom. The van der Waals surface area contributed by atoms with Crippen molar-refractivity contribution < 1.29 is 17.7 Å². The number of nitrogens with zero attached hydrogens (tertiary/aromatic N) is 3. The van der Waals surface area contributed by atoms with Crippen LogP contribution in [0, 0.1) is 0 Å². The Morgan fingerprint density at radius 2 is 0.742 bits per heavy atom. The summed E-state index contributed by atoms with van der Waals surface area (Å²) in [6, 6.07) is 131. The number of fused-ring (bicyclic) bond motifs is 21. The average molecular weight is 1550 g/mol. The molecule has 8 aromatic heterocycles. The summed E-state index contributed by atoms with van der Waals surface area (Å²) in [6.07, 6.45) is 6.20. The van der Waals surface area contributed by atoms with Crippen LogP contribution in [0.2, 0.25) is 0 Å². The van der Waals surface area contributed by atoms with Gasteiger partial charge in [0.25, 0.3) is 0 Å². The Morgan fingerprint density at radius 3 is 1.44 bits per heavy atom. The first kappa shape index (κ1) is 66.9. The maximum atomic E-state index is 7.20. The number of para-hydroxylation sites is 5. The summed E-state index contributed by atoms with van der Waals surface area (Å²) in [4.78, 5) is 15.9. The molecule has 0 N–H and O–H groups in total. The van der Waals surface area contributed by atoms with Crippen LogP contribution in [0.3, 0.4) is 0 Å². The second kappa shape index (κ2) is 25.8. The Bertz CT molecular complexity index is 8530. The predicted molar refractivity (Wildman–Crippen MR) is 495 cm³/mol. The SMILES string of the molecule is C1=Cc2oc3c(-c4ccc(-c5ccc6c(c5)C(c5ccccc5)(c5cccc(-c7cc8sc9c(-c%10ccc(-c%11c%12ccccc%12nc%12c%11oc%11ccccc%11%12)cc%10)cccc9c8cc7-c7ccc8oc9c(-c%10ccc(-c%11ccc%12oc%13ccccc%13c%12c%11)cc%10)c%10ccccc%10nc9c8c7)c5)c5ccccc5-6)cc4)c4ccccc4nc3c2CC1. The van der Waals surface area contributed by atoms with Crippen molar-refractivity contribution in [1.29, 1.82) is 0 Å². The number of hydrogen-bond donors (Lipinski definition) is 0. The molecule has 0 bridgehead atoms. The third kappa shape index (κ3) is 9.94. The van der Waals surface area contributed by atoms with Crippen LogP contribution in [0.4, 0.5) is 0 Å². The molecule has 8 heteroatoms. The molecule has 1 atom stereocenters. The zero-order valence-corrected chi connectivity index (χ0v) is 65.3. The van der Waals surface area contributed by atoms with Gasteiger partial charge in [0.15, 0.2) is 16.7 Å². The number of benzene rings is 16. The molecule has 0 fully saturated rings. The molecule has 0 spiro atoms. The number of aromatic nitrogens is 3. The highest BCUT2D eigenvalue weighted by atomic mass is 32.1. The van der Waals surface area contributed by atoms with Gasteiger partial charge >= 0.3 is 0 Å². The van der Waals surface area contributed by atoms with Crippen molar-refractivity contribution in [3.05, 3.63) is 398 Å². The monoisotopic (exact) mass is 1550 g/mol. The molecule has 8 heterocycles. The van der Waals surface area contributed by atoms with Gasteiger partial charge in [0.2, 0.25) is 0 Å². The van der Waals surface area contributed by atoms with Gasteiger partial charge in [0.05, 0.1) is 22.0 Å². The Labute approximate surface area is 691 Å². The molecule has 16 aromatic carbocycles. The van der Waals surface area contributed by atoms with Crippen molar-refractivity contribution in [3.8, 4) is 100 Å². The second-order valence-corrected chi connectivity index (χ2v) is 33.1. The minimum Gasteiger partial charge on any atom is -0.456 e. The van der Waals surface area contributed by atoms with E-state index in [4.69, 9.17) is 32.6 Å². The maximum Gasteiger partial charge on any atom is 0.162 e. The van der Waals surface area contributed by atoms with Crippen LogP contribution in [0.25, 0.3) is 236 Å². The molecule has 7 nitrogen and oxygen atoms in total. The van der Waals surface area contributed by atoms with Gasteiger partial charge in [-0.25, -0.2) is 15.0 Å². The highest BCUT2D eigenvalue weighted by Gasteiger charge is 2.46. The molecule has 2 aliphatic rings. The molecule has 0 aliphatic heterocycles. The fourth-order valence-corrected chi connectivity index (χ4v) is 21.4. The van der Waals surface area contributed by atoms with Crippen LogP contribution in [0.15, 0.2) is 382 Å². The fraction of sp³-hybridized carbons (Fsp3) is 0.0268. The molecular formula is C112H65N3O4S. The zero-order valence-electron chi connectivity index (χ0n) is 64.5. The van der Waals surface area contributed by atoms with E-state index in [0.29, 0.717) is 0 Å². The van der Waals surface area contributed by atoms with Gasteiger partial charge in [-0.3, -0.25) is 0 Å². The Hall–Kier alpha value is -15.4. The summed E-state index contributed by atoms with van der Waals surface area (Å²) in [5.41, 5.74) is 36.4. The molecule has 1 unspecified atom stereocenters. The van der Waals surface area contributed by atoms with E-state index in [1.807, 2.05) is 35.6 Å². The van der Waals surface area contributed by atoms with Crippen LogP contribution in [0.1, 0.15) is 40.0 Å². The summed E-state index contributed by atoms with van der Waals surface area (Å²) in [5, 5.41) is 9.69. The quantitative estimate of drug-likeness (QED) is 0.135. The van der Waals surface area contributed by atoms with Crippen molar-refractivity contribution in [3.63, 3.8) is 0 Å². The number of furan rings is 4. The van der Waals surface area contributed by atoms with Crippen LogP contribution in [-0.4, -0.2) is 15.0 Å². The third-order valence-corrected chi connectivity index (χ3v) is 26.9. The normalized spacial score (nSPS) is 13.9. The average Bonchev–Trinajstić information content (AvgIpc) is 1.53. The standard InChI is InChI=1S/C112H65N3O4S/c1-2-21-74(22-3-1)112(91-33-11-4-24-77(91)78-55-52-71(61-92(78)112)65-42-48-67(49-43-65)102-81-26-5-12-34-93(81)113-105-84-29-9-16-38-97(84)117-108(102)105)75-23-18-20-72(58-75)87-63-101-89(80-32-19-31-76(111(80)120-101)66-44-50-69(51-45-66)103-82-27-6-13-35-94(82)114-106-85-30-10-17-39-98(85)118-109(103)106)62-86(87)73-54-57-100-90(60-73)107-110(119-100)104(83-28-7-14-36-95(83)115-107)68-46-40-64(41-47-68)70-53-56-99-88(59-70)79-25-8-15-37-96(79)116-99/h1-8,10-28,30-63H,9,29H2. The van der Waals surface area contributed by atoms with Gasteiger partial charge in [0, 0.05) is 80.1 Å². The predicted octanol–water partition coefficient (Wildman–Crippen LogP) is 30.8. The topological polar surface area (TPSA) is 91.2 Å². The Kier molecular flexibility index (Phi) is 14.4. The molecule has 0 saturated carbocycles. The lowest BCUT2D eigenvalue weighted by molar-refractivity contribution is 0.596. The van der Waals surface area contributed by atoms with E-state index in [1.54, 1.807) is 0 Å². The molecule has 24 aromatic rings. The van der Waals surface area contributed by atoms with Crippen molar-refractivity contribution in [2.45, 2.75) is 18.3 Å². The largest absolute Gasteiger partial charge is 0.456 e. The van der Waals surface area contributed by atoms with Crippen LogP contribution < -0.4 is 0 Å². The van der Waals surface area contributed by atoms with Crippen LogP contribution in [0.5, 0.6) is 0 Å². The first-order valence-corrected chi connectivity index (χ1v) is 41.9. The number of pyridine rings is 3. The summed E-state index contributed by atoms with van der Waals surface area (Å²) in [7, 11) is 0. The van der Waals surface area contributed by atoms with Crippen LogP contribution >= 0.6 is 11.3 Å². The summed E-state index contributed by atoms with van der Waals surface area (Å²) in [6.45, 7) is 0. The van der Waals surface area contributed by atoms with E-state index in [-0.39, 0.29) is 0 Å². The number of rotatable bonds is 10. The first-order chi connectivity index (χ1) is 59.4. The second-order valence-electron chi connectivity index (χ2n) is 32.1. The Balaban J connectivity index is 0.644. The molecular weight excluding hydrogens is 1480 g/mol. The fourth-order valence-electron chi connectivity index (χ4n) is 20.1. The highest BCUT2D eigenvalue weighted by Crippen LogP contribution is 2.59.